The van der Waals surface area contributed by atoms with Gasteiger partial charge in [-0.2, -0.15) is 4.31 Å². The summed E-state index contributed by atoms with van der Waals surface area (Å²) in [5.74, 6) is -0.273. The Morgan fingerprint density at radius 1 is 0.818 bits per heavy atom. The quantitative estimate of drug-likeness (QED) is 0.607. The van der Waals surface area contributed by atoms with Gasteiger partial charge in [0.1, 0.15) is 11.5 Å². The maximum atomic E-state index is 11.6. The van der Waals surface area contributed by atoms with Gasteiger partial charge in [-0.1, -0.05) is 36.4 Å². The van der Waals surface area contributed by atoms with Crippen LogP contribution in [0.25, 0.3) is 11.1 Å². The van der Waals surface area contributed by atoms with E-state index in [0.29, 0.717) is 5.56 Å². The van der Waals surface area contributed by atoms with E-state index in [1.54, 1.807) is 24.3 Å². The van der Waals surface area contributed by atoms with Crippen LogP contribution in [0, 0.1) is 0 Å². The van der Waals surface area contributed by atoms with Gasteiger partial charge in [-0.15, -0.1) is 0 Å². The lowest BCUT2D eigenvalue weighted by atomic mass is 10.0. The molecule has 8 nitrogen and oxygen atoms in total. The predicted molar refractivity (Wildman–Crippen MR) is 77.1 cm³/mol. The lowest BCUT2D eigenvalue weighted by Crippen LogP contribution is -1.97. The van der Waals surface area contributed by atoms with E-state index < -0.39 is 15.6 Å². The average molecular weight is 346 g/mol. The van der Waals surface area contributed by atoms with Crippen molar-refractivity contribution in [2.24, 2.45) is 0 Å². The second-order valence-corrected chi connectivity index (χ2v) is 6.90. The van der Waals surface area contributed by atoms with E-state index >= 15 is 0 Å². The SMILES string of the molecule is O=P(O)(O)OP(=O)(O)Oc1ccccc1-c1ccccc1O. The Morgan fingerprint density at radius 2 is 1.36 bits per heavy atom. The molecule has 10 heteroatoms. The molecule has 1 unspecified atom stereocenters. The van der Waals surface area contributed by atoms with Crippen LogP contribution < -0.4 is 4.52 Å². The number of hydrogen-bond acceptors (Lipinski definition) is 5. The summed E-state index contributed by atoms with van der Waals surface area (Å²) in [4.78, 5) is 26.6. The van der Waals surface area contributed by atoms with Crippen molar-refractivity contribution in [2.45, 2.75) is 0 Å². The maximum Gasteiger partial charge on any atom is 0.536 e. The zero-order chi connectivity index (χ0) is 16.4. The zero-order valence-electron chi connectivity index (χ0n) is 10.9. The number of phosphoric ester groups is 1. The third kappa shape index (κ3) is 4.42. The first-order valence-electron chi connectivity index (χ1n) is 5.85. The molecular weight excluding hydrogens is 334 g/mol. The van der Waals surface area contributed by atoms with Crippen molar-refractivity contribution in [2.75, 3.05) is 0 Å². The molecule has 2 aromatic rings. The minimum Gasteiger partial charge on any atom is -0.507 e. The van der Waals surface area contributed by atoms with Crippen molar-refractivity contribution >= 4 is 15.6 Å². The van der Waals surface area contributed by atoms with Gasteiger partial charge >= 0.3 is 15.6 Å². The van der Waals surface area contributed by atoms with Gasteiger partial charge in [0.2, 0.25) is 0 Å². The summed E-state index contributed by atoms with van der Waals surface area (Å²) in [6.07, 6.45) is 0. The number of phosphoric acid groups is 2. The van der Waals surface area contributed by atoms with Gasteiger partial charge in [-0.3, -0.25) is 4.89 Å². The number of rotatable bonds is 5. The lowest BCUT2D eigenvalue weighted by molar-refractivity contribution is 0.229. The number of phenols is 1. The highest BCUT2D eigenvalue weighted by atomic mass is 31.3. The van der Waals surface area contributed by atoms with E-state index in [2.05, 4.69) is 4.31 Å². The largest absolute Gasteiger partial charge is 0.536 e. The predicted octanol–water partition coefficient (Wildman–Crippen LogP) is 2.65. The van der Waals surface area contributed by atoms with Crippen molar-refractivity contribution in [3.63, 3.8) is 0 Å². The Bertz CT molecular complexity index is 769. The van der Waals surface area contributed by atoms with E-state index in [1.807, 2.05) is 0 Å². The van der Waals surface area contributed by atoms with E-state index in [4.69, 9.17) is 14.3 Å². The minimum atomic E-state index is -5.21. The normalized spacial score (nSPS) is 14.3. The molecule has 118 valence electrons. The van der Waals surface area contributed by atoms with Gasteiger partial charge < -0.3 is 19.4 Å². The van der Waals surface area contributed by atoms with Gasteiger partial charge in [-0.25, -0.2) is 9.13 Å². The molecule has 0 amide bonds. The fourth-order valence-electron chi connectivity index (χ4n) is 1.75. The molecule has 0 aliphatic carbocycles. The molecule has 0 saturated carbocycles. The summed E-state index contributed by atoms with van der Waals surface area (Å²) in [6, 6.07) is 12.1. The monoisotopic (exact) mass is 346 g/mol. The Morgan fingerprint density at radius 3 is 1.95 bits per heavy atom. The average Bonchev–Trinajstić information content (AvgIpc) is 2.37. The topological polar surface area (TPSA) is 134 Å². The van der Waals surface area contributed by atoms with Crippen LogP contribution in [0.5, 0.6) is 11.5 Å². The van der Waals surface area contributed by atoms with Crippen LogP contribution in [0.2, 0.25) is 0 Å². The van der Waals surface area contributed by atoms with E-state index in [0.717, 1.165) is 0 Å². The van der Waals surface area contributed by atoms with Gasteiger partial charge in [-0.05, 0) is 12.1 Å². The molecule has 0 aromatic heterocycles. The Kier molecular flexibility index (Phi) is 4.72. The highest BCUT2D eigenvalue weighted by molar-refractivity contribution is 7.60. The molecule has 0 bridgehead atoms. The number of benzene rings is 2. The standard InChI is InChI=1S/C12H12O8P2/c13-11-7-3-1-5-9(11)10-6-2-4-8-12(10)19-22(17,18)20-21(14,15)16/h1-8,13H,(H,17,18)(H2,14,15,16). The summed E-state index contributed by atoms with van der Waals surface area (Å²) in [7, 11) is -10.3. The fourth-order valence-corrected chi connectivity index (χ4v) is 3.36. The first kappa shape index (κ1) is 16.7. The van der Waals surface area contributed by atoms with Crippen LogP contribution in [0.3, 0.4) is 0 Å². The summed E-state index contributed by atoms with van der Waals surface area (Å²) in [6.45, 7) is 0. The van der Waals surface area contributed by atoms with Crippen LogP contribution in [0.4, 0.5) is 0 Å². The van der Waals surface area contributed by atoms with Crippen LogP contribution in [0.15, 0.2) is 48.5 Å². The number of phenolic OH excluding ortho intramolecular Hbond substituents is 1. The molecule has 1 atom stereocenters. The molecule has 0 saturated heterocycles. The van der Waals surface area contributed by atoms with Crippen molar-refractivity contribution in [3.8, 4) is 22.6 Å². The minimum absolute atomic E-state index is 0.0952. The van der Waals surface area contributed by atoms with E-state index in [1.165, 1.54) is 24.3 Å². The van der Waals surface area contributed by atoms with Gasteiger partial charge in [0.05, 0.1) is 0 Å². The van der Waals surface area contributed by atoms with Crippen molar-refractivity contribution in [3.05, 3.63) is 48.5 Å². The highest BCUT2D eigenvalue weighted by Gasteiger charge is 2.34. The third-order valence-corrected chi connectivity index (χ3v) is 4.61. The summed E-state index contributed by atoms with van der Waals surface area (Å²) in [5.41, 5.74) is 0.568. The second kappa shape index (κ2) is 6.22. The fraction of sp³-hybridized carbons (Fsp3) is 0. The molecule has 2 rings (SSSR count). The number of hydrogen-bond donors (Lipinski definition) is 4. The summed E-state index contributed by atoms with van der Waals surface area (Å²) < 4.78 is 30.7. The van der Waals surface area contributed by atoms with Crippen molar-refractivity contribution in [1.82, 2.24) is 0 Å². The molecule has 0 spiro atoms. The van der Waals surface area contributed by atoms with E-state index in [-0.39, 0.29) is 17.1 Å². The smallest absolute Gasteiger partial charge is 0.507 e. The van der Waals surface area contributed by atoms with Crippen LogP contribution in [-0.2, 0) is 13.4 Å². The molecule has 0 radical (unpaired) electrons. The molecule has 0 aliphatic rings. The molecule has 0 fully saturated rings. The molecule has 0 heterocycles. The molecule has 0 aliphatic heterocycles. The lowest BCUT2D eigenvalue weighted by Gasteiger charge is -2.16. The van der Waals surface area contributed by atoms with Gasteiger partial charge in [0.15, 0.2) is 0 Å². The first-order chi connectivity index (χ1) is 10.2. The molecule has 2 aromatic carbocycles. The summed E-state index contributed by atoms with van der Waals surface area (Å²) >= 11 is 0. The van der Waals surface area contributed by atoms with Crippen molar-refractivity contribution in [1.29, 1.82) is 0 Å². The van der Waals surface area contributed by atoms with Crippen LogP contribution >= 0.6 is 15.6 Å². The van der Waals surface area contributed by atoms with Crippen LogP contribution in [0.1, 0.15) is 0 Å². The first-order valence-corrected chi connectivity index (χ1v) is 8.87. The second-order valence-electron chi connectivity index (χ2n) is 4.15. The molecule has 22 heavy (non-hydrogen) atoms. The number of para-hydroxylation sites is 2. The van der Waals surface area contributed by atoms with Crippen molar-refractivity contribution < 1.29 is 37.8 Å². The summed E-state index contributed by atoms with van der Waals surface area (Å²) in [5, 5.41) is 9.83. The highest BCUT2D eigenvalue weighted by Crippen LogP contribution is 2.58. The Hall–Kier alpha value is -1.66. The van der Waals surface area contributed by atoms with Gasteiger partial charge in [0, 0.05) is 11.1 Å². The molecular formula is C12H12O8P2. The number of aromatic hydroxyl groups is 1. The van der Waals surface area contributed by atoms with Gasteiger partial charge in [0.25, 0.3) is 0 Å². The zero-order valence-corrected chi connectivity index (χ0v) is 12.7. The maximum absolute atomic E-state index is 11.6. The molecule has 4 N–H and O–H groups in total. The Labute approximate surface area is 125 Å². The van der Waals surface area contributed by atoms with E-state index in [9.17, 15) is 19.1 Å². The van der Waals surface area contributed by atoms with Crippen LogP contribution in [-0.4, -0.2) is 19.8 Å². The third-order valence-electron chi connectivity index (χ3n) is 2.50. The Balaban J connectivity index is 2.40.